The molecule has 0 saturated heterocycles. The molecule has 3 aromatic rings. The summed E-state index contributed by atoms with van der Waals surface area (Å²) in [6.45, 7) is 2.49. The molecule has 9 heteroatoms. The second kappa shape index (κ2) is 6.75. The van der Waals surface area contributed by atoms with E-state index in [0.717, 1.165) is 30.6 Å². The third-order valence-corrected chi connectivity index (χ3v) is 4.17. The molecular formula is C15H13N5O3S. The summed E-state index contributed by atoms with van der Waals surface area (Å²) in [6, 6.07) is 7.13. The molecule has 1 aromatic carbocycles. The summed E-state index contributed by atoms with van der Waals surface area (Å²) < 4.78 is 1.58. The van der Waals surface area contributed by atoms with Crippen LogP contribution in [0.15, 0.2) is 51.8 Å². The first-order chi connectivity index (χ1) is 11.6. The van der Waals surface area contributed by atoms with E-state index in [1.54, 1.807) is 22.8 Å². The van der Waals surface area contributed by atoms with E-state index >= 15 is 0 Å². The zero-order valence-electron chi connectivity index (χ0n) is 12.7. The van der Waals surface area contributed by atoms with Crippen LogP contribution in [-0.2, 0) is 6.54 Å². The Kier molecular flexibility index (Phi) is 4.52. The second-order valence-electron chi connectivity index (χ2n) is 4.95. The zero-order valence-corrected chi connectivity index (χ0v) is 13.6. The molecule has 0 N–H and O–H groups in total. The highest BCUT2D eigenvalue weighted by atomic mass is 32.2. The van der Waals surface area contributed by atoms with Gasteiger partial charge in [0.15, 0.2) is 10.3 Å². The first kappa shape index (κ1) is 16.1. The van der Waals surface area contributed by atoms with Crippen molar-refractivity contribution in [3.8, 4) is 0 Å². The van der Waals surface area contributed by atoms with Crippen molar-refractivity contribution < 1.29 is 4.92 Å². The van der Waals surface area contributed by atoms with Crippen molar-refractivity contribution in [2.75, 3.05) is 0 Å². The van der Waals surface area contributed by atoms with E-state index in [1.165, 1.54) is 0 Å². The van der Waals surface area contributed by atoms with Crippen LogP contribution in [0.2, 0.25) is 0 Å². The molecule has 2 aromatic heterocycles. The normalized spacial score (nSPS) is 10.9. The van der Waals surface area contributed by atoms with Crippen LogP contribution in [0.25, 0.3) is 10.9 Å². The molecule has 0 spiro atoms. The number of hydrogen-bond acceptors (Lipinski definition) is 7. The van der Waals surface area contributed by atoms with Crippen LogP contribution < -0.4 is 5.56 Å². The maximum atomic E-state index is 12.7. The molecule has 0 aliphatic rings. The van der Waals surface area contributed by atoms with Crippen molar-refractivity contribution in [2.24, 2.45) is 0 Å². The van der Waals surface area contributed by atoms with Gasteiger partial charge in [-0.25, -0.2) is 15.0 Å². The second-order valence-corrected chi connectivity index (χ2v) is 5.89. The predicted octanol–water partition coefficient (Wildman–Crippen LogP) is 2.66. The average molecular weight is 343 g/mol. The van der Waals surface area contributed by atoms with E-state index in [2.05, 4.69) is 15.0 Å². The van der Waals surface area contributed by atoms with E-state index in [9.17, 15) is 14.9 Å². The maximum absolute atomic E-state index is 12.7. The molecule has 0 aliphatic heterocycles. The van der Waals surface area contributed by atoms with E-state index in [4.69, 9.17) is 0 Å². The minimum absolute atomic E-state index is 0.119. The third-order valence-electron chi connectivity index (χ3n) is 3.28. The van der Waals surface area contributed by atoms with Gasteiger partial charge in [0.1, 0.15) is 12.4 Å². The Bertz CT molecular complexity index is 955. The number of nitro groups is 1. The molecule has 2 heterocycles. The first-order valence-electron chi connectivity index (χ1n) is 7.24. The SMILES string of the molecule is CCCn1c(Sc2ncc([N+](=O)[O-])cn2)nc2ccccc2c1=O. The van der Waals surface area contributed by atoms with Gasteiger partial charge in [0, 0.05) is 6.54 Å². The van der Waals surface area contributed by atoms with Crippen molar-refractivity contribution in [3.63, 3.8) is 0 Å². The van der Waals surface area contributed by atoms with E-state index in [0.29, 0.717) is 27.8 Å². The van der Waals surface area contributed by atoms with Crippen LogP contribution in [0.1, 0.15) is 13.3 Å². The molecule has 24 heavy (non-hydrogen) atoms. The number of rotatable bonds is 5. The van der Waals surface area contributed by atoms with Gasteiger partial charge in [-0.1, -0.05) is 19.1 Å². The predicted molar refractivity (Wildman–Crippen MR) is 89.1 cm³/mol. The standard InChI is InChI=1S/C15H13N5O3S/c1-2-7-19-13(21)11-5-3-4-6-12(11)18-15(19)24-14-16-8-10(9-17-14)20(22)23/h3-6,8-9H,2,7H2,1H3. The molecular weight excluding hydrogens is 330 g/mol. The molecule has 0 aliphatic carbocycles. The summed E-state index contributed by atoms with van der Waals surface area (Å²) >= 11 is 1.11. The number of para-hydroxylation sites is 1. The Hall–Kier alpha value is -2.81. The lowest BCUT2D eigenvalue weighted by atomic mass is 10.2. The molecule has 0 bridgehead atoms. The number of fused-ring (bicyclic) bond motifs is 1. The highest BCUT2D eigenvalue weighted by molar-refractivity contribution is 7.99. The molecule has 0 unspecified atom stereocenters. The fraction of sp³-hybridized carbons (Fsp3) is 0.200. The van der Waals surface area contributed by atoms with Gasteiger partial charge in [0.25, 0.3) is 5.56 Å². The van der Waals surface area contributed by atoms with Crippen LogP contribution in [0.3, 0.4) is 0 Å². The van der Waals surface area contributed by atoms with E-state index in [-0.39, 0.29) is 11.2 Å². The topological polar surface area (TPSA) is 104 Å². The lowest BCUT2D eigenvalue weighted by Gasteiger charge is -2.11. The summed E-state index contributed by atoms with van der Waals surface area (Å²) in [5, 5.41) is 12.0. The van der Waals surface area contributed by atoms with Gasteiger partial charge in [-0.3, -0.25) is 19.5 Å². The van der Waals surface area contributed by atoms with Gasteiger partial charge in [-0.15, -0.1) is 0 Å². The highest BCUT2D eigenvalue weighted by Gasteiger charge is 2.14. The van der Waals surface area contributed by atoms with Gasteiger partial charge < -0.3 is 0 Å². The Morgan fingerprint density at radius 3 is 2.62 bits per heavy atom. The van der Waals surface area contributed by atoms with Crippen molar-refractivity contribution in [1.82, 2.24) is 19.5 Å². The summed E-state index contributed by atoms with van der Waals surface area (Å²) in [6.07, 6.45) is 3.05. The zero-order chi connectivity index (χ0) is 17.1. The minimum Gasteiger partial charge on any atom is -0.287 e. The largest absolute Gasteiger partial charge is 0.305 e. The smallest absolute Gasteiger partial charge is 0.287 e. The first-order valence-corrected chi connectivity index (χ1v) is 8.05. The van der Waals surface area contributed by atoms with Crippen LogP contribution in [0.5, 0.6) is 0 Å². The molecule has 0 saturated carbocycles. The number of nitrogens with zero attached hydrogens (tertiary/aromatic N) is 5. The Labute approximate surface area is 140 Å². The van der Waals surface area contributed by atoms with E-state index in [1.807, 2.05) is 13.0 Å². The Morgan fingerprint density at radius 1 is 1.25 bits per heavy atom. The molecule has 0 amide bonds. The van der Waals surface area contributed by atoms with Gasteiger partial charge in [-0.05, 0) is 30.3 Å². The molecule has 0 radical (unpaired) electrons. The van der Waals surface area contributed by atoms with Crippen molar-refractivity contribution >= 4 is 28.4 Å². The fourth-order valence-electron chi connectivity index (χ4n) is 2.18. The van der Waals surface area contributed by atoms with Gasteiger partial charge in [-0.2, -0.15) is 0 Å². The fourth-order valence-corrected chi connectivity index (χ4v) is 2.99. The number of benzene rings is 1. The number of hydrogen-bond donors (Lipinski definition) is 0. The van der Waals surface area contributed by atoms with Crippen LogP contribution in [0, 0.1) is 10.1 Å². The lowest BCUT2D eigenvalue weighted by Crippen LogP contribution is -2.23. The molecule has 3 rings (SSSR count). The summed E-state index contributed by atoms with van der Waals surface area (Å²) in [5.41, 5.74) is 0.294. The van der Waals surface area contributed by atoms with Crippen LogP contribution in [0.4, 0.5) is 5.69 Å². The molecule has 122 valence electrons. The maximum Gasteiger partial charge on any atom is 0.305 e. The quantitative estimate of drug-likeness (QED) is 0.398. The lowest BCUT2D eigenvalue weighted by molar-refractivity contribution is -0.385. The van der Waals surface area contributed by atoms with Crippen molar-refractivity contribution in [1.29, 1.82) is 0 Å². The number of aromatic nitrogens is 4. The summed E-state index contributed by atoms with van der Waals surface area (Å²) in [7, 11) is 0. The Morgan fingerprint density at radius 2 is 1.96 bits per heavy atom. The van der Waals surface area contributed by atoms with Crippen molar-refractivity contribution in [3.05, 3.63) is 57.1 Å². The van der Waals surface area contributed by atoms with Gasteiger partial charge in [0.2, 0.25) is 0 Å². The third kappa shape index (κ3) is 3.11. The molecule has 8 nitrogen and oxygen atoms in total. The summed E-state index contributed by atoms with van der Waals surface area (Å²) in [5.74, 6) is 0. The monoisotopic (exact) mass is 343 g/mol. The summed E-state index contributed by atoms with van der Waals surface area (Å²) in [4.78, 5) is 35.2. The van der Waals surface area contributed by atoms with Crippen molar-refractivity contribution in [2.45, 2.75) is 30.2 Å². The molecule has 0 atom stereocenters. The Balaban J connectivity index is 2.05. The van der Waals surface area contributed by atoms with Gasteiger partial charge >= 0.3 is 5.69 Å². The highest BCUT2D eigenvalue weighted by Crippen LogP contribution is 2.24. The minimum atomic E-state index is -0.560. The molecule has 0 fully saturated rings. The van der Waals surface area contributed by atoms with Gasteiger partial charge in [0.05, 0.1) is 15.8 Å². The van der Waals surface area contributed by atoms with E-state index < -0.39 is 4.92 Å². The average Bonchev–Trinajstić information content (AvgIpc) is 2.59. The van der Waals surface area contributed by atoms with Crippen LogP contribution in [-0.4, -0.2) is 24.4 Å². The van der Waals surface area contributed by atoms with Crippen LogP contribution >= 0.6 is 11.8 Å².